The van der Waals surface area contributed by atoms with E-state index in [-0.39, 0.29) is 5.54 Å². The van der Waals surface area contributed by atoms with E-state index in [0.717, 1.165) is 24.3 Å². The SMILES string of the molecule is COc1cc(C2(C)CCCN2)c(OC)cc1Cl. The van der Waals surface area contributed by atoms with Crippen molar-refractivity contribution in [3.05, 3.63) is 22.7 Å². The normalized spacial score (nSPS) is 23.8. The van der Waals surface area contributed by atoms with Gasteiger partial charge in [0.15, 0.2) is 0 Å². The third-order valence-corrected chi connectivity index (χ3v) is 3.73. The molecule has 0 aliphatic carbocycles. The first kappa shape index (κ1) is 12.5. The van der Waals surface area contributed by atoms with Crippen LogP contribution in [0.2, 0.25) is 5.02 Å². The zero-order valence-electron chi connectivity index (χ0n) is 10.5. The van der Waals surface area contributed by atoms with Gasteiger partial charge >= 0.3 is 0 Å². The van der Waals surface area contributed by atoms with Gasteiger partial charge in [-0.1, -0.05) is 11.6 Å². The molecule has 0 aromatic heterocycles. The van der Waals surface area contributed by atoms with Crippen molar-refractivity contribution >= 4 is 11.6 Å². The Morgan fingerprint density at radius 1 is 1.24 bits per heavy atom. The van der Waals surface area contributed by atoms with Crippen molar-refractivity contribution in [2.24, 2.45) is 0 Å². The molecule has 1 aromatic rings. The van der Waals surface area contributed by atoms with Gasteiger partial charge in [-0.05, 0) is 32.4 Å². The van der Waals surface area contributed by atoms with Crippen LogP contribution in [0.4, 0.5) is 0 Å². The molecule has 0 spiro atoms. The summed E-state index contributed by atoms with van der Waals surface area (Å²) in [5.74, 6) is 1.50. The Bertz CT molecular complexity index is 414. The first-order chi connectivity index (χ1) is 8.10. The van der Waals surface area contributed by atoms with Crippen LogP contribution < -0.4 is 14.8 Å². The Morgan fingerprint density at radius 2 is 1.94 bits per heavy atom. The molecule has 1 saturated heterocycles. The summed E-state index contributed by atoms with van der Waals surface area (Å²) in [6, 6.07) is 3.79. The van der Waals surface area contributed by atoms with Gasteiger partial charge in [-0.3, -0.25) is 0 Å². The number of ether oxygens (including phenoxy) is 2. The number of hydrogen-bond acceptors (Lipinski definition) is 3. The quantitative estimate of drug-likeness (QED) is 0.901. The fraction of sp³-hybridized carbons (Fsp3) is 0.538. The van der Waals surface area contributed by atoms with E-state index < -0.39 is 0 Å². The molecule has 0 bridgehead atoms. The summed E-state index contributed by atoms with van der Waals surface area (Å²) < 4.78 is 10.7. The number of hydrogen-bond donors (Lipinski definition) is 1. The molecule has 1 atom stereocenters. The predicted octanol–water partition coefficient (Wildman–Crippen LogP) is 2.96. The van der Waals surface area contributed by atoms with E-state index in [0.29, 0.717) is 10.8 Å². The molecule has 1 unspecified atom stereocenters. The molecule has 0 saturated carbocycles. The minimum atomic E-state index is -0.0524. The van der Waals surface area contributed by atoms with Gasteiger partial charge in [0.2, 0.25) is 0 Å². The molecular formula is C13H18ClNO2. The molecule has 1 fully saturated rings. The summed E-state index contributed by atoms with van der Waals surface area (Å²) in [6.45, 7) is 3.22. The lowest BCUT2D eigenvalue weighted by Gasteiger charge is -2.27. The van der Waals surface area contributed by atoms with Crippen LogP contribution in [0.1, 0.15) is 25.3 Å². The lowest BCUT2D eigenvalue weighted by Crippen LogP contribution is -2.33. The standard InChI is InChI=1S/C13H18ClNO2/c1-13(5-4-6-15-13)9-7-12(17-3)10(14)8-11(9)16-2/h7-8,15H,4-6H2,1-3H3. The molecule has 2 rings (SSSR count). The molecule has 0 radical (unpaired) electrons. The first-order valence-electron chi connectivity index (χ1n) is 5.78. The lowest BCUT2D eigenvalue weighted by molar-refractivity contribution is 0.364. The fourth-order valence-corrected chi connectivity index (χ4v) is 2.65. The predicted molar refractivity (Wildman–Crippen MR) is 69.1 cm³/mol. The van der Waals surface area contributed by atoms with E-state index in [1.165, 1.54) is 6.42 Å². The van der Waals surface area contributed by atoms with E-state index in [9.17, 15) is 0 Å². The van der Waals surface area contributed by atoms with Crippen LogP contribution in [-0.2, 0) is 5.54 Å². The number of rotatable bonds is 3. The molecule has 1 aliphatic heterocycles. The smallest absolute Gasteiger partial charge is 0.138 e. The largest absolute Gasteiger partial charge is 0.496 e. The number of methoxy groups -OCH3 is 2. The third kappa shape index (κ3) is 2.22. The molecule has 1 aromatic carbocycles. The molecule has 17 heavy (non-hydrogen) atoms. The van der Waals surface area contributed by atoms with Crippen molar-refractivity contribution in [2.75, 3.05) is 20.8 Å². The second-order valence-corrected chi connectivity index (χ2v) is 4.96. The molecular weight excluding hydrogens is 238 g/mol. The number of benzene rings is 1. The number of nitrogens with one attached hydrogen (secondary N) is 1. The Morgan fingerprint density at radius 3 is 2.47 bits per heavy atom. The van der Waals surface area contributed by atoms with Crippen LogP contribution in [0, 0.1) is 0 Å². The van der Waals surface area contributed by atoms with Crippen LogP contribution in [0.15, 0.2) is 12.1 Å². The highest BCUT2D eigenvalue weighted by Crippen LogP contribution is 2.41. The van der Waals surface area contributed by atoms with Crippen LogP contribution in [0.5, 0.6) is 11.5 Å². The second-order valence-electron chi connectivity index (χ2n) is 4.55. The summed E-state index contributed by atoms with van der Waals surface area (Å²) in [4.78, 5) is 0. The molecule has 94 valence electrons. The maximum absolute atomic E-state index is 6.11. The van der Waals surface area contributed by atoms with Gasteiger partial charge in [-0.2, -0.15) is 0 Å². The van der Waals surface area contributed by atoms with Crippen molar-refractivity contribution in [1.29, 1.82) is 0 Å². The minimum absolute atomic E-state index is 0.0524. The van der Waals surface area contributed by atoms with Gasteiger partial charge in [-0.25, -0.2) is 0 Å². The number of halogens is 1. The summed E-state index contributed by atoms with van der Waals surface area (Å²) in [5, 5.41) is 4.09. The van der Waals surface area contributed by atoms with Gasteiger partial charge in [-0.15, -0.1) is 0 Å². The monoisotopic (exact) mass is 255 g/mol. The van der Waals surface area contributed by atoms with E-state index in [4.69, 9.17) is 21.1 Å². The van der Waals surface area contributed by atoms with Gasteiger partial charge in [0.25, 0.3) is 0 Å². The van der Waals surface area contributed by atoms with Crippen molar-refractivity contribution < 1.29 is 9.47 Å². The first-order valence-corrected chi connectivity index (χ1v) is 6.15. The van der Waals surface area contributed by atoms with Gasteiger partial charge < -0.3 is 14.8 Å². The average molecular weight is 256 g/mol. The Labute approximate surface area is 107 Å². The average Bonchev–Trinajstić information content (AvgIpc) is 2.76. The van der Waals surface area contributed by atoms with Gasteiger partial charge in [0.05, 0.1) is 19.2 Å². The topological polar surface area (TPSA) is 30.5 Å². The molecule has 3 nitrogen and oxygen atoms in total. The van der Waals surface area contributed by atoms with Gasteiger partial charge in [0.1, 0.15) is 11.5 Å². The molecule has 0 amide bonds. The summed E-state index contributed by atoms with van der Waals surface area (Å²) in [7, 11) is 3.29. The second kappa shape index (κ2) is 4.75. The Hall–Kier alpha value is -0.930. The van der Waals surface area contributed by atoms with Crippen LogP contribution in [0.25, 0.3) is 0 Å². The summed E-state index contributed by atoms with van der Waals surface area (Å²) in [5.41, 5.74) is 1.06. The minimum Gasteiger partial charge on any atom is -0.496 e. The Balaban J connectivity index is 2.50. The van der Waals surface area contributed by atoms with Crippen LogP contribution in [-0.4, -0.2) is 20.8 Å². The fourth-order valence-electron chi connectivity index (χ4n) is 2.42. The highest BCUT2D eigenvalue weighted by atomic mass is 35.5. The van der Waals surface area contributed by atoms with Crippen molar-refractivity contribution in [2.45, 2.75) is 25.3 Å². The third-order valence-electron chi connectivity index (χ3n) is 3.44. The van der Waals surface area contributed by atoms with Crippen molar-refractivity contribution in [3.8, 4) is 11.5 Å². The molecule has 4 heteroatoms. The highest BCUT2D eigenvalue weighted by Gasteiger charge is 2.33. The van der Waals surface area contributed by atoms with Crippen LogP contribution >= 0.6 is 11.6 Å². The maximum Gasteiger partial charge on any atom is 0.138 e. The van der Waals surface area contributed by atoms with E-state index >= 15 is 0 Å². The van der Waals surface area contributed by atoms with Crippen LogP contribution in [0.3, 0.4) is 0 Å². The molecule has 1 aliphatic rings. The molecule has 1 heterocycles. The zero-order valence-corrected chi connectivity index (χ0v) is 11.2. The zero-order chi connectivity index (χ0) is 12.5. The summed E-state index contributed by atoms with van der Waals surface area (Å²) >= 11 is 6.11. The van der Waals surface area contributed by atoms with Crippen molar-refractivity contribution in [3.63, 3.8) is 0 Å². The molecule has 1 N–H and O–H groups in total. The van der Waals surface area contributed by atoms with E-state index in [2.05, 4.69) is 12.2 Å². The maximum atomic E-state index is 6.11. The Kier molecular flexibility index (Phi) is 3.50. The van der Waals surface area contributed by atoms with Crippen molar-refractivity contribution in [1.82, 2.24) is 5.32 Å². The lowest BCUT2D eigenvalue weighted by atomic mass is 9.89. The highest BCUT2D eigenvalue weighted by molar-refractivity contribution is 6.32. The van der Waals surface area contributed by atoms with E-state index in [1.807, 2.05) is 12.1 Å². The summed E-state index contributed by atoms with van der Waals surface area (Å²) in [6.07, 6.45) is 2.26. The van der Waals surface area contributed by atoms with Gasteiger partial charge in [0, 0.05) is 17.2 Å². The van der Waals surface area contributed by atoms with E-state index in [1.54, 1.807) is 14.2 Å².